The van der Waals surface area contributed by atoms with E-state index in [0.29, 0.717) is 48.1 Å². The van der Waals surface area contributed by atoms with Crippen molar-refractivity contribution in [2.75, 3.05) is 38.3 Å². The first-order chi connectivity index (χ1) is 18.6. The van der Waals surface area contributed by atoms with Crippen LogP contribution in [-0.2, 0) is 14.7 Å². The number of ether oxygens (including phenoxy) is 1. The molecule has 1 saturated heterocycles. The van der Waals surface area contributed by atoms with Gasteiger partial charge in [0.15, 0.2) is 5.76 Å². The fourth-order valence-corrected chi connectivity index (χ4v) is 9.06. The van der Waals surface area contributed by atoms with Crippen LogP contribution in [0.15, 0.2) is 67.4 Å². The Morgan fingerprint density at radius 1 is 1.21 bits per heavy atom. The number of likely N-dealkylation sites (N-methyl/N-ethyl adjacent to an activating group) is 1. The zero-order chi connectivity index (χ0) is 27.5. The molecular weight excluding hydrogens is 585 g/mol. The van der Waals surface area contributed by atoms with Crippen molar-refractivity contribution in [2.24, 2.45) is 9.74 Å². The number of rotatable bonds is 4. The van der Waals surface area contributed by atoms with E-state index in [1.54, 1.807) is 18.4 Å². The molecule has 3 aliphatic heterocycles. The SMILES string of the molecule is C[C@@H]1N(C)c2cc3c(cc2C1(C)C)[P@](=Nc1ccc([N+](=O)[O-])cc1Br)(N1CCOCC1)OC(c1ccco1)=N3. The molecule has 39 heavy (non-hydrogen) atoms. The van der Waals surface area contributed by atoms with E-state index in [0.717, 1.165) is 16.7 Å². The van der Waals surface area contributed by atoms with Crippen molar-refractivity contribution in [1.82, 2.24) is 4.67 Å². The Labute approximate surface area is 235 Å². The Bertz CT molecular complexity index is 1550. The first-order valence-corrected chi connectivity index (χ1v) is 15.2. The monoisotopic (exact) mass is 613 g/mol. The number of hydrogen-bond donors (Lipinski definition) is 0. The van der Waals surface area contributed by atoms with E-state index in [9.17, 15) is 10.1 Å². The second-order valence-corrected chi connectivity index (χ2v) is 13.8. The fourth-order valence-electron chi connectivity index (χ4n) is 5.42. The van der Waals surface area contributed by atoms with Crippen molar-refractivity contribution in [2.45, 2.75) is 32.2 Å². The molecule has 204 valence electrons. The highest BCUT2D eigenvalue weighted by Crippen LogP contribution is 2.62. The highest BCUT2D eigenvalue weighted by atomic mass is 79.9. The molecule has 0 N–H and O–H groups in total. The lowest BCUT2D eigenvalue weighted by Gasteiger charge is -2.40. The summed E-state index contributed by atoms with van der Waals surface area (Å²) in [6.07, 6.45) is 1.59. The first kappa shape index (κ1) is 26.3. The summed E-state index contributed by atoms with van der Waals surface area (Å²) in [6.45, 7) is 9.06. The van der Waals surface area contributed by atoms with Gasteiger partial charge in [-0.15, -0.1) is 0 Å². The third kappa shape index (κ3) is 4.23. The number of halogens is 1. The summed E-state index contributed by atoms with van der Waals surface area (Å²) in [5.41, 5.74) is 3.57. The minimum atomic E-state index is -3.00. The topological polar surface area (TPSA) is 106 Å². The van der Waals surface area contributed by atoms with Gasteiger partial charge in [0.1, 0.15) is 0 Å². The Morgan fingerprint density at radius 2 is 1.97 bits per heavy atom. The lowest BCUT2D eigenvalue weighted by atomic mass is 9.81. The molecule has 2 aromatic carbocycles. The van der Waals surface area contributed by atoms with Gasteiger partial charge >= 0.3 is 0 Å². The number of non-ortho nitro benzene ring substituents is 1. The summed E-state index contributed by atoms with van der Waals surface area (Å²) in [4.78, 5) is 18.2. The molecule has 6 rings (SSSR count). The third-order valence-corrected chi connectivity index (χ3v) is 11.7. The van der Waals surface area contributed by atoms with Gasteiger partial charge in [0.2, 0.25) is 7.43 Å². The predicted molar refractivity (Wildman–Crippen MR) is 155 cm³/mol. The lowest BCUT2D eigenvalue weighted by molar-refractivity contribution is -0.384. The van der Waals surface area contributed by atoms with E-state index in [2.05, 4.69) is 65.5 Å². The number of furan rings is 1. The van der Waals surface area contributed by atoms with Gasteiger partial charge in [-0.3, -0.25) is 10.1 Å². The summed E-state index contributed by atoms with van der Waals surface area (Å²) in [5.74, 6) is 0.876. The Balaban J connectivity index is 1.66. The summed E-state index contributed by atoms with van der Waals surface area (Å²) in [6, 6.07) is 12.9. The highest BCUT2D eigenvalue weighted by molar-refractivity contribution is 9.10. The third-order valence-electron chi connectivity index (χ3n) is 8.03. The molecule has 4 heterocycles. The molecule has 0 amide bonds. The van der Waals surface area contributed by atoms with Crippen molar-refractivity contribution < 1.29 is 18.6 Å². The molecule has 0 bridgehead atoms. The molecule has 0 radical (unpaired) electrons. The largest absolute Gasteiger partial charge is 0.459 e. The van der Waals surface area contributed by atoms with Crippen LogP contribution in [0.25, 0.3) is 0 Å². The van der Waals surface area contributed by atoms with Gasteiger partial charge in [-0.25, -0.2) is 14.4 Å². The number of morpholine rings is 1. The number of fused-ring (bicyclic) bond motifs is 2. The van der Waals surface area contributed by atoms with Gasteiger partial charge in [0.05, 0.1) is 45.6 Å². The molecule has 10 nitrogen and oxygen atoms in total. The van der Waals surface area contributed by atoms with Crippen LogP contribution >= 0.6 is 23.4 Å². The highest BCUT2D eigenvalue weighted by Gasteiger charge is 2.46. The van der Waals surface area contributed by atoms with E-state index >= 15 is 0 Å². The number of nitro groups is 1. The molecule has 3 aliphatic rings. The summed E-state index contributed by atoms with van der Waals surface area (Å²) in [7, 11) is -0.884. The molecule has 1 fully saturated rings. The minimum Gasteiger partial charge on any atom is -0.459 e. The van der Waals surface area contributed by atoms with Crippen LogP contribution < -0.4 is 10.2 Å². The number of hydrogen-bond acceptors (Lipinski definition) is 8. The minimum absolute atomic E-state index is 0.0148. The van der Waals surface area contributed by atoms with Gasteiger partial charge in [0.25, 0.3) is 11.6 Å². The van der Waals surface area contributed by atoms with Gasteiger partial charge in [-0.05, 0) is 58.7 Å². The smallest absolute Gasteiger partial charge is 0.270 e. The maximum absolute atomic E-state index is 11.4. The van der Waals surface area contributed by atoms with Crippen molar-refractivity contribution in [3.05, 3.63) is 74.6 Å². The Hall–Kier alpha value is -2.98. The second kappa shape index (κ2) is 9.59. The number of nitrogens with zero attached hydrogens (tertiary/aromatic N) is 5. The normalized spacial score (nSPS) is 24.0. The summed E-state index contributed by atoms with van der Waals surface area (Å²) < 4.78 is 26.5. The lowest BCUT2D eigenvalue weighted by Crippen LogP contribution is -2.39. The molecular formula is C27H29BrN5O5P. The van der Waals surface area contributed by atoms with Crippen molar-refractivity contribution >= 4 is 57.3 Å². The first-order valence-electron chi connectivity index (χ1n) is 12.8. The van der Waals surface area contributed by atoms with E-state index in [1.807, 2.05) is 6.07 Å². The maximum atomic E-state index is 11.4. The Morgan fingerprint density at radius 3 is 2.64 bits per heavy atom. The number of anilines is 1. The van der Waals surface area contributed by atoms with E-state index < -0.39 is 12.4 Å². The van der Waals surface area contributed by atoms with Crippen LogP contribution in [0.2, 0.25) is 0 Å². The van der Waals surface area contributed by atoms with Crippen LogP contribution in [-0.4, -0.2) is 54.9 Å². The van der Waals surface area contributed by atoms with Gasteiger partial charge in [-0.2, -0.15) is 0 Å². The van der Waals surface area contributed by atoms with E-state index in [1.165, 1.54) is 17.7 Å². The van der Waals surface area contributed by atoms with Crippen molar-refractivity contribution in [1.29, 1.82) is 0 Å². The summed E-state index contributed by atoms with van der Waals surface area (Å²) >= 11 is 3.53. The molecule has 1 aromatic heterocycles. The van der Waals surface area contributed by atoms with Gasteiger partial charge in [0, 0.05) is 49.4 Å². The van der Waals surface area contributed by atoms with Gasteiger partial charge < -0.3 is 18.6 Å². The molecule has 0 spiro atoms. The standard InChI is InChI=1S/C27H29BrN5O5P/c1-17-27(2,3)19-15-25-22(16-23(19)31(17)4)29-26(24-6-5-11-37-24)38-39(25,32-9-12-36-13-10-32)30-21-8-7-18(33(34)35)14-20(21)28/h5-8,11,14-17H,9-10,12-13H2,1-4H3/t17-,39-/m0/s1. The molecule has 0 unspecified atom stereocenters. The van der Waals surface area contributed by atoms with Gasteiger partial charge in [-0.1, -0.05) is 13.8 Å². The molecule has 3 aromatic rings. The van der Waals surface area contributed by atoms with Crippen LogP contribution in [0.4, 0.5) is 22.7 Å². The van der Waals surface area contributed by atoms with Crippen LogP contribution in [0.1, 0.15) is 32.1 Å². The molecule has 12 heteroatoms. The molecule has 0 aliphatic carbocycles. The van der Waals surface area contributed by atoms with Crippen LogP contribution in [0.5, 0.6) is 0 Å². The van der Waals surface area contributed by atoms with Crippen LogP contribution in [0.3, 0.4) is 0 Å². The zero-order valence-corrected chi connectivity index (χ0v) is 24.6. The zero-order valence-electron chi connectivity index (χ0n) is 22.1. The number of aliphatic imine (C=N–C) groups is 1. The quantitative estimate of drug-likeness (QED) is 0.188. The number of nitro benzene ring substituents is 1. The molecule has 0 saturated carbocycles. The predicted octanol–water partition coefficient (Wildman–Crippen LogP) is 6.50. The Kier molecular flexibility index (Phi) is 6.45. The average Bonchev–Trinajstić information content (AvgIpc) is 3.52. The van der Waals surface area contributed by atoms with E-state index in [4.69, 9.17) is 23.4 Å². The molecule has 2 atom stereocenters. The summed E-state index contributed by atoms with van der Waals surface area (Å²) in [5, 5.41) is 12.3. The van der Waals surface area contributed by atoms with Crippen molar-refractivity contribution in [3.63, 3.8) is 0 Å². The second-order valence-electron chi connectivity index (χ2n) is 10.5. The van der Waals surface area contributed by atoms with Crippen LogP contribution in [0, 0.1) is 10.1 Å². The van der Waals surface area contributed by atoms with Crippen molar-refractivity contribution in [3.8, 4) is 0 Å². The average molecular weight is 614 g/mol. The maximum Gasteiger partial charge on any atom is 0.270 e. The number of benzene rings is 2. The van der Waals surface area contributed by atoms with E-state index in [-0.39, 0.29) is 17.1 Å². The fraction of sp³-hybridized carbons (Fsp3) is 0.370.